The first-order chi connectivity index (χ1) is 22.0. The smallest absolute Gasteiger partial charge is 0.410 e. The van der Waals surface area contributed by atoms with E-state index in [4.69, 9.17) is 18.9 Å². The number of anilines is 1. The highest BCUT2D eigenvalue weighted by atomic mass is 16.6. The van der Waals surface area contributed by atoms with Crippen LogP contribution in [0.15, 0.2) is 60.2 Å². The van der Waals surface area contributed by atoms with Crippen molar-refractivity contribution in [3.63, 3.8) is 0 Å². The molecule has 1 spiro atoms. The summed E-state index contributed by atoms with van der Waals surface area (Å²) in [5.74, 6) is 1.32. The van der Waals surface area contributed by atoms with Gasteiger partial charge in [-0.25, -0.2) is 4.79 Å². The number of nitrogens with one attached hydrogen (secondary N) is 1. The van der Waals surface area contributed by atoms with E-state index in [0.717, 1.165) is 76.1 Å². The zero-order chi connectivity index (χ0) is 32.7. The van der Waals surface area contributed by atoms with Crippen molar-refractivity contribution in [1.29, 1.82) is 0 Å². The van der Waals surface area contributed by atoms with Crippen LogP contribution in [0.25, 0.3) is 0 Å². The van der Waals surface area contributed by atoms with E-state index in [1.165, 1.54) is 11.6 Å². The predicted molar refractivity (Wildman–Crippen MR) is 180 cm³/mol. The van der Waals surface area contributed by atoms with Crippen molar-refractivity contribution in [3.8, 4) is 5.75 Å². The van der Waals surface area contributed by atoms with Crippen LogP contribution in [0, 0.1) is 5.92 Å². The number of hydrogen-bond acceptors (Lipinski definition) is 7. The molecule has 3 atom stereocenters. The van der Waals surface area contributed by atoms with Gasteiger partial charge in [-0.3, -0.25) is 4.79 Å². The number of amides is 2. The summed E-state index contributed by atoms with van der Waals surface area (Å²) in [6, 6.07) is 8.12. The second-order valence-corrected chi connectivity index (χ2v) is 14.2. The lowest BCUT2D eigenvalue weighted by molar-refractivity contribution is -0.117. The maximum Gasteiger partial charge on any atom is 0.410 e. The Hall–Kier alpha value is -3.30. The van der Waals surface area contributed by atoms with Crippen molar-refractivity contribution < 1.29 is 28.5 Å². The van der Waals surface area contributed by atoms with Gasteiger partial charge in [-0.1, -0.05) is 29.9 Å². The molecule has 0 aromatic heterocycles. The molecule has 9 nitrogen and oxygen atoms in total. The first kappa shape index (κ1) is 34.0. The molecule has 1 N–H and O–H groups in total. The van der Waals surface area contributed by atoms with Crippen LogP contribution in [-0.2, 0) is 19.0 Å². The van der Waals surface area contributed by atoms with Gasteiger partial charge in [0, 0.05) is 62.9 Å². The first-order valence-corrected chi connectivity index (χ1v) is 17.0. The third-order valence-electron chi connectivity index (χ3n) is 9.65. The third kappa shape index (κ3) is 9.85. The summed E-state index contributed by atoms with van der Waals surface area (Å²) in [6.45, 7) is 11.7. The van der Waals surface area contributed by atoms with Gasteiger partial charge in [0.1, 0.15) is 11.9 Å². The van der Waals surface area contributed by atoms with Gasteiger partial charge in [0.15, 0.2) is 0 Å². The molecule has 2 amide bonds. The van der Waals surface area contributed by atoms with E-state index in [9.17, 15) is 9.59 Å². The van der Waals surface area contributed by atoms with Crippen molar-refractivity contribution in [2.24, 2.45) is 5.92 Å². The molecule has 46 heavy (non-hydrogen) atoms. The number of ether oxygens (including phenoxy) is 4. The number of methoxy groups -OCH3 is 1. The maximum absolute atomic E-state index is 12.7. The summed E-state index contributed by atoms with van der Waals surface area (Å²) in [5.41, 5.74) is 2.24. The Balaban J connectivity index is 0.961. The zero-order valence-electron chi connectivity index (χ0n) is 28.3. The van der Waals surface area contributed by atoms with Crippen LogP contribution in [0.3, 0.4) is 0 Å². The highest BCUT2D eigenvalue weighted by Gasteiger charge is 2.53. The molecule has 9 heteroatoms. The monoisotopic (exact) mass is 635 g/mol. The van der Waals surface area contributed by atoms with E-state index in [1.54, 1.807) is 25.0 Å². The molecule has 4 aliphatic rings. The SMILES string of the molecule is COc1cccc(N2CCN(C(=O)O[C@@H](C)/C=C\C(=O)N[C@H]3CC[C@@H](C/C=C(C)/C=C/[C@@H]4C[C@]5(CO5)CC(C)(C)O4)CC3)CC2)c1. The Bertz CT molecular complexity index is 1280. The Morgan fingerprint density at radius 3 is 2.54 bits per heavy atom. The molecular formula is C37H53N3O6. The molecule has 4 fully saturated rings. The lowest BCUT2D eigenvalue weighted by Gasteiger charge is -2.38. The summed E-state index contributed by atoms with van der Waals surface area (Å²) in [5, 5.41) is 3.14. The van der Waals surface area contributed by atoms with E-state index in [-0.39, 0.29) is 35.3 Å². The quantitative estimate of drug-likeness (QED) is 0.186. The highest BCUT2D eigenvalue weighted by molar-refractivity contribution is 5.87. The van der Waals surface area contributed by atoms with Crippen LogP contribution >= 0.6 is 0 Å². The second-order valence-electron chi connectivity index (χ2n) is 14.2. The molecule has 5 rings (SSSR count). The van der Waals surface area contributed by atoms with Crippen molar-refractivity contribution in [2.75, 3.05) is 44.8 Å². The molecule has 1 saturated carbocycles. The van der Waals surface area contributed by atoms with Crippen LogP contribution in [0.2, 0.25) is 0 Å². The van der Waals surface area contributed by atoms with E-state index in [0.29, 0.717) is 19.0 Å². The summed E-state index contributed by atoms with van der Waals surface area (Å²) in [4.78, 5) is 29.3. The van der Waals surface area contributed by atoms with Crippen molar-refractivity contribution >= 4 is 17.7 Å². The van der Waals surface area contributed by atoms with E-state index in [2.05, 4.69) is 49.2 Å². The van der Waals surface area contributed by atoms with Crippen molar-refractivity contribution in [2.45, 2.75) is 102 Å². The Morgan fingerprint density at radius 1 is 1.11 bits per heavy atom. The molecule has 1 aromatic rings. The fourth-order valence-corrected chi connectivity index (χ4v) is 7.06. The number of nitrogens with zero attached hydrogens (tertiary/aromatic N) is 2. The molecular weight excluding hydrogens is 582 g/mol. The third-order valence-corrected chi connectivity index (χ3v) is 9.65. The molecule has 252 valence electrons. The van der Waals surface area contributed by atoms with Gasteiger partial charge in [-0.05, 0) is 83.9 Å². The summed E-state index contributed by atoms with van der Waals surface area (Å²) < 4.78 is 23.0. The minimum absolute atomic E-state index is 0.0409. The van der Waals surface area contributed by atoms with Crippen LogP contribution < -0.4 is 15.0 Å². The van der Waals surface area contributed by atoms with E-state index < -0.39 is 6.10 Å². The summed E-state index contributed by atoms with van der Waals surface area (Å²) in [6.07, 6.45) is 16.3. The lowest BCUT2D eigenvalue weighted by Crippen LogP contribution is -2.49. The van der Waals surface area contributed by atoms with Crippen LogP contribution in [0.1, 0.15) is 72.6 Å². The molecule has 3 heterocycles. The normalized spacial score (nSPS) is 28.8. The average molecular weight is 636 g/mol. The zero-order valence-corrected chi connectivity index (χ0v) is 28.3. The molecule has 0 bridgehead atoms. The largest absolute Gasteiger partial charge is 0.497 e. The van der Waals surface area contributed by atoms with Gasteiger partial charge in [0.25, 0.3) is 0 Å². The number of epoxide rings is 1. The van der Waals surface area contributed by atoms with Gasteiger partial charge in [-0.15, -0.1) is 0 Å². The van der Waals surface area contributed by atoms with Crippen LogP contribution in [-0.4, -0.2) is 86.2 Å². The topological polar surface area (TPSA) is 92.9 Å². The van der Waals surface area contributed by atoms with E-state index >= 15 is 0 Å². The Labute approximate surface area is 274 Å². The number of hydrogen-bond donors (Lipinski definition) is 1. The molecule has 0 radical (unpaired) electrons. The number of benzene rings is 1. The fraction of sp³-hybridized carbons (Fsp3) is 0.622. The minimum Gasteiger partial charge on any atom is -0.497 e. The van der Waals surface area contributed by atoms with Gasteiger partial charge >= 0.3 is 6.09 Å². The highest BCUT2D eigenvalue weighted by Crippen LogP contribution is 2.46. The summed E-state index contributed by atoms with van der Waals surface area (Å²) >= 11 is 0. The van der Waals surface area contributed by atoms with Crippen molar-refractivity contribution in [1.82, 2.24) is 10.2 Å². The maximum atomic E-state index is 12.7. The second kappa shape index (κ2) is 15.1. The first-order valence-electron chi connectivity index (χ1n) is 17.0. The molecule has 3 saturated heterocycles. The number of carbonyl (C=O) groups is 2. The minimum atomic E-state index is -0.492. The lowest BCUT2D eigenvalue weighted by atomic mass is 9.83. The number of allylic oxidation sites excluding steroid dienone is 3. The van der Waals surface area contributed by atoms with Crippen LogP contribution in [0.5, 0.6) is 5.75 Å². The molecule has 3 aliphatic heterocycles. The Morgan fingerprint density at radius 2 is 1.85 bits per heavy atom. The number of piperazine rings is 1. The van der Waals surface area contributed by atoms with E-state index in [1.807, 2.05) is 24.3 Å². The number of rotatable bonds is 10. The number of carbonyl (C=O) groups excluding carboxylic acids is 2. The van der Waals surface area contributed by atoms with Crippen LogP contribution in [0.4, 0.5) is 10.5 Å². The van der Waals surface area contributed by atoms with Gasteiger partial charge in [0.2, 0.25) is 5.91 Å². The van der Waals surface area contributed by atoms with Gasteiger partial charge < -0.3 is 34.1 Å². The van der Waals surface area contributed by atoms with Gasteiger partial charge in [-0.2, -0.15) is 0 Å². The standard InChI is InChI=1S/C37H53N3O6/c1-27(10-17-33-24-37(26-44-37)25-36(3,4)46-33)9-12-29-13-15-30(16-14-29)38-34(41)18-11-28(2)45-35(42)40-21-19-39(20-22-40)31-7-6-8-32(23-31)43-5/h6-11,17-18,23,28-30,33H,12-16,19-22,24-26H2,1-5H3,(H,38,41)/b17-10+,18-11-,27-9+/t28-,29-,30+,33+,37+/m0/s1. The van der Waals surface area contributed by atoms with Crippen molar-refractivity contribution in [3.05, 3.63) is 60.2 Å². The summed E-state index contributed by atoms with van der Waals surface area (Å²) in [7, 11) is 1.66. The molecule has 0 unspecified atom stereocenters. The molecule has 1 aliphatic carbocycles. The molecule has 1 aromatic carbocycles. The average Bonchev–Trinajstić information content (AvgIpc) is 3.78. The van der Waals surface area contributed by atoms with Gasteiger partial charge in [0.05, 0.1) is 31.0 Å². The fourth-order valence-electron chi connectivity index (χ4n) is 7.06. The predicted octanol–water partition coefficient (Wildman–Crippen LogP) is 6.19. The Kier molecular flexibility index (Phi) is 11.2.